The molecule has 1 amide bonds. The van der Waals surface area contributed by atoms with Crippen LogP contribution < -0.4 is 15.8 Å². The molecule has 0 spiro atoms. The minimum atomic E-state index is -0.207. The van der Waals surface area contributed by atoms with E-state index in [9.17, 15) is 4.79 Å². The van der Waals surface area contributed by atoms with Crippen LogP contribution in [0.1, 0.15) is 19.4 Å². The molecule has 96 valence electrons. The van der Waals surface area contributed by atoms with Gasteiger partial charge in [-0.3, -0.25) is 4.79 Å². The standard InChI is InChI=1S/C14H18N2O2/c1-11(2)18-13-7-3-5-12(9-13)6-4-8-16-14(17)10-15/h3,5,7,9,11H,8,10,15H2,1-2H3,(H,16,17). The zero-order valence-corrected chi connectivity index (χ0v) is 10.7. The molecule has 18 heavy (non-hydrogen) atoms. The Balaban J connectivity index is 2.56. The second-order valence-corrected chi connectivity index (χ2v) is 3.98. The van der Waals surface area contributed by atoms with E-state index in [4.69, 9.17) is 10.5 Å². The van der Waals surface area contributed by atoms with E-state index in [1.54, 1.807) is 0 Å². The zero-order chi connectivity index (χ0) is 13.4. The monoisotopic (exact) mass is 246 g/mol. The molecule has 0 heterocycles. The number of hydrogen-bond donors (Lipinski definition) is 2. The van der Waals surface area contributed by atoms with E-state index in [2.05, 4.69) is 17.2 Å². The summed E-state index contributed by atoms with van der Waals surface area (Å²) in [5, 5.41) is 2.58. The summed E-state index contributed by atoms with van der Waals surface area (Å²) in [6, 6.07) is 7.55. The Bertz CT molecular complexity index is 458. The van der Waals surface area contributed by atoms with Crippen molar-refractivity contribution in [2.24, 2.45) is 5.73 Å². The highest BCUT2D eigenvalue weighted by Gasteiger charge is 1.97. The molecule has 4 heteroatoms. The third kappa shape index (κ3) is 5.37. The molecule has 0 bridgehead atoms. The van der Waals surface area contributed by atoms with E-state index in [1.807, 2.05) is 38.1 Å². The van der Waals surface area contributed by atoms with Gasteiger partial charge in [0.25, 0.3) is 0 Å². The van der Waals surface area contributed by atoms with Crippen LogP contribution in [0.3, 0.4) is 0 Å². The van der Waals surface area contributed by atoms with E-state index in [0.29, 0.717) is 6.54 Å². The maximum Gasteiger partial charge on any atom is 0.234 e. The highest BCUT2D eigenvalue weighted by molar-refractivity contribution is 5.77. The van der Waals surface area contributed by atoms with Crippen LogP contribution in [0.25, 0.3) is 0 Å². The van der Waals surface area contributed by atoms with Gasteiger partial charge in [0, 0.05) is 5.56 Å². The summed E-state index contributed by atoms with van der Waals surface area (Å²) in [7, 11) is 0. The largest absolute Gasteiger partial charge is 0.491 e. The van der Waals surface area contributed by atoms with Crippen molar-refractivity contribution in [2.45, 2.75) is 20.0 Å². The Hall–Kier alpha value is -1.99. The van der Waals surface area contributed by atoms with Crippen LogP contribution in [-0.4, -0.2) is 25.1 Å². The van der Waals surface area contributed by atoms with Crippen LogP contribution >= 0.6 is 0 Å². The molecule has 0 aliphatic rings. The molecule has 0 fully saturated rings. The Morgan fingerprint density at radius 1 is 1.50 bits per heavy atom. The van der Waals surface area contributed by atoms with Gasteiger partial charge in [0.2, 0.25) is 5.91 Å². The van der Waals surface area contributed by atoms with Crippen LogP contribution in [0.5, 0.6) is 5.75 Å². The first-order valence-corrected chi connectivity index (χ1v) is 5.84. The molecule has 1 aromatic rings. The third-order valence-corrected chi connectivity index (χ3v) is 2.00. The number of nitrogens with one attached hydrogen (secondary N) is 1. The van der Waals surface area contributed by atoms with Gasteiger partial charge in [0.15, 0.2) is 0 Å². The summed E-state index contributed by atoms with van der Waals surface area (Å²) in [4.78, 5) is 10.9. The molecule has 0 aliphatic carbocycles. The van der Waals surface area contributed by atoms with Gasteiger partial charge in [-0.15, -0.1) is 0 Å². The quantitative estimate of drug-likeness (QED) is 0.776. The lowest BCUT2D eigenvalue weighted by molar-refractivity contribution is -0.119. The van der Waals surface area contributed by atoms with Gasteiger partial charge in [-0.1, -0.05) is 17.9 Å². The number of ether oxygens (including phenoxy) is 1. The first-order chi connectivity index (χ1) is 8.61. The summed E-state index contributed by atoms with van der Waals surface area (Å²) in [6.45, 7) is 4.23. The van der Waals surface area contributed by atoms with Crippen molar-refractivity contribution in [3.05, 3.63) is 29.8 Å². The number of rotatable bonds is 4. The maximum atomic E-state index is 10.9. The molecule has 4 nitrogen and oxygen atoms in total. The summed E-state index contributed by atoms with van der Waals surface area (Å²) in [5.41, 5.74) is 6.01. The van der Waals surface area contributed by atoms with Crippen LogP contribution in [0.4, 0.5) is 0 Å². The number of amides is 1. The topological polar surface area (TPSA) is 64.3 Å². The second kappa shape index (κ2) is 7.36. The zero-order valence-electron chi connectivity index (χ0n) is 10.7. The number of nitrogens with two attached hydrogens (primary N) is 1. The normalized spacial score (nSPS) is 9.56. The maximum absolute atomic E-state index is 10.9. The molecule has 1 rings (SSSR count). The summed E-state index contributed by atoms with van der Waals surface area (Å²) >= 11 is 0. The van der Waals surface area contributed by atoms with Gasteiger partial charge in [-0.05, 0) is 32.0 Å². The van der Waals surface area contributed by atoms with E-state index in [-0.39, 0.29) is 18.6 Å². The molecule has 1 aromatic carbocycles. The lowest BCUT2D eigenvalue weighted by Gasteiger charge is -2.09. The fraction of sp³-hybridized carbons (Fsp3) is 0.357. The van der Waals surface area contributed by atoms with Crippen molar-refractivity contribution >= 4 is 5.91 Å². The van der Waals surface area contributed by atoms with Crippen LogP contribution in [0.2, 0.25) is 0 Å². The summed E-state index contributed by atoms with van der Waals surface area (Å²) in [5.74, 6) is 6.39. The van der Waals surface area contributed by atoms with Gasteiger partial charge in [-0.2, -0.15) is 0 Å². The fourth-order valence-electron chi connectivity index (χ4n) is 1.28. The van der Waals surface area contributed by atoms with Gasteiger partial charge in [0.05, 0.1) is 19.2 Å². The lowest BCUT2D eigenvalue weighted by atomic mass is 10.2. The van der Waals surface area contributed by atoms with E-state index < -0.39 is 0 Å². The van der Waals surface area contributed by atoms with Crippen molar-refractivity contribution in [2.75, 3.05) is 13.1 Å². The molecule has 0 aromatic heterocycles. The molecular weight excluding hydrogens is 228 g/mol. The van der Waals surface area contributed by atoms with E-state index >= 15 is 0 Å². The van der Waals surface area contributed by atoms with E-state index in [1.165, 1.54) is 0 Å². The van der Waals surface area contributed by atoms with Crippen molar-refractivity contribution in [1.82, 2.24) is 5.32 Å². The van der Waals surface area contributed by atoms with Gasteiger partial charge in [0.1, 0.15) is 5.75 Å². The highest BCUT2D eigenvalue weighted by Crippen LogP contribution is 2.13. The Kier molecular flexibility index (Phi) is 5.75. The van der Waals surface area contributed by atoms with E-state index in [0.717, 1.165) is 11.3 Å². The van der Waals surface area contributed by atoms with Gasteiger partial charge >= 0.3 is 0 Å². The van der Waals surface area contributed by atoms with Crippen LogP contribution in [0, 0.1) is 11.8 Å². The van der Waals surface area contributed by atoms with Crippen molar-refractivity contribution in [3.63, 3.8) is 0 Å². The smallest absolute Gasteiger partial charge is 0.234 e. The Morgan fingerprint density at radius 3 is 2.94 bits per heavy atom. The average Bonchev–Trinajstić information content (AvgIpc) is 2.34. The third-order valence-electron chi connectivity index (χ3n) is 2.00. The summed E-state index contributed by atoms with van der Waals surface area (Å²) in [6.07, 6.45) is 0.136. The number of carbonyl (C=O) groups excluding carboxylic acids is 1. The molecule has 0 saturated carbocycles. The molecule has 0 aliphatic heterocycles. The molecule has 0 atom stereocenters. The predicted molar refractivity (Wildman–Crippen MR) is 71.1 cm³/mol. The Labute approximate surface area is 108 Å². The molecule has 0 unspecified atom stereocenters. The van der Waals surface area contributed by atoms with Crippen molar-refractivity contribution in [3.8, 4) is 17.6 Å². The SMILES string of the molecule is CC(C)Oc1cccc(C#CCNC(=O)CN)c1. The summed E-state index contributed by atoms with van der Waals surface area (Å²) < 4.78 is 5.56. The fourth-order valence-corrected chi connectivity index (χ4v) is 1.28. The van der Waals surface area contributed by atoms with Gasteiger partial charge < -0.3 is 15.8 Å². The minimum absolute atomic E-state index is 0.0145. The molecular formula is C14H18N2O2. The van der Waals surface area contributed by atoms with Crippen LogP contribution in [-0.2, 0) is 4.79 Å². The van der Waals surface area contributed by atoms with Gasteiger partial charge in [-0.25, -0.2) is 0 Å². The predicted octanol–water partition coefficient (Wildman–Crippen LogP) is 0.900. The second-order valence-electron chi connectivity index (χ2n) is 3.98. The first kappa shape index (κ1) is 14.1. The Morgan fingerprint density at radius 2 is 2.28 bits per heavy atom. The first-order valence-electron chi connectivity index (χ1n) is 5.84. The highest BCUT2D eigenvalue weighted by atomic mass is 16.5. The average molecular weight is 246 g/mol. The number of benzene rings is 1. The molecule has 3 N–H and O–H groups in total. The number of carbonyl (C=O) groups is 1. The van der Waals surface area contributed by atoms with Crippen molar-refractivity contribution < 1.29 is 9.53 Å². The number of hydrogen-bond acceptors (Lipinski definition) is 3. The molecule has 0 saturated heterocycles. The lowest BCUT2D eigenvalue weighted by Crippen LogP contribution is -2.30. The van der Waals surface area contributed by atoms with Crippen LogP contribution in [0.15, 0.2) is 24.3 Å². The minimum Gasteiger partial charge on any atom is -0.491 e. The van der Waals surface area contributed by atoms with Crippen molar-refractivity contribution in [1.29, 1.82) is 0 Å². The molecule has 0 radical (unpaired) electrons.